The summed E-state index contributed by atoms with van der Waals surface area (Å²) in [5.41, 5.74) is 8.19. The van der Waals surface area contributed by atoms with Gasteiger partial charge in [-0.15, -0.1) is 5.10 Å². The summed E-state index contributed by atoms with van der Waals surface area (Å²) in [4.78, 5) is 10.3. The topological polar surface area (TPSA) is 131 Å². The number of aromatic amines is 1. The second-order valence-electron chi connectivity index (χ2n) is 4.84. The lowest BCUT2D eigenvalue weighted by atomic mass is 9.84. The first-order chi connectivity index (χ1) is 10.5. The van der Waals surface area contributed by atoms with Crippen LogP contribution in [0.3, 0.4) is 0 Å². The number of H-pyrrole nitrogens is 1. The summed E-state index contributed by atoms with van der Waals surface area (Å²) < 4.78 is 5.35. The van der Waals surface area contributed by atoms with E-state index >= 15 is 0 Å². The van der Waals surface area contributed by atoms with Crippen LogP contribution in [-0.2, 0) is 0 Å². The predicted molar refractivity (Wildman–Crippen MR) is 75.7 cm³/mol. The zero-order valence-corrected chi connectivity index (χ0v) is 11.5. The summed E-state index contributed by atoms with van der Waals surface area (Å²) in [6.07, 6.45) is 0. The number of fused-ring (bicyclic) bond motifs is 1. The van der Waals surface area contributed by atoms with Gasteiger partial charge in [-0.2, -0.15) is 5.26 Å². The standard InChI is InChI=1S/C14H11N5O3/c1-7-11-12(8-2-4-9(5-3-8)19(20)21)10(6-15)13(16)22-14(11)18-17-7/h2-5,12H,16H2,1H3,(H,17,18). The van der Waals surface area contributed by atoms with Gasteiger partial charge in [-0.25, -0.2) is 0 Å². The Balaban J connectivity index is 2.16. The molecule has 1 aromatic carbocycles. The number of nitrogens with two attached hydrogens (primary N) is 1. The Hall–Kier alpha value is -3.34. The second kappa shape index (κ2) is 4.89. The van der Waals surface area contributed by atoms with Crippen LogP contribution in [-0.4, -0.2) is 15.1 Å². The maximum Gasteiger partial charge on any atom is 0.269 e. The molecule has 0 aliphatic carbocycles. The second-order valence-corrected chi connectivity index (χ2v) is 4.84. The van der Waals surface area contributed by atoms with Crippen molar-refractivity contribution in [3.8, 4) is 11.9 Å². The van der Waals surface area contributed by atoms with E-state index in [1.165, 1.54) is 12.1 Å². The lowest BCUT2D eigenvalue weighted by Gasteiger charge is -2.23. The first kappa shape index (κ1) is 13.6. The molecule has 8 heteroatoms. The van der Waals surface area contributed by atoms with E-state index in [9.17, 15) is 15.4 Å². The zero-order chi connectivity index (χ0) is 15.9. The van der Waals surface area contributed by atoms with E-state index in [4.69, 9.17) is 10.5 Å². The molecule has 0 fully saturated rings. The van der Waals surface area contributed by atoms with Gasteiger partial charge in [0.2, 0.25) is 11.8 Å². The first-order valence-electron chi connectivity index (χ1n) is 6.39. The van der Waals surface area contributed by atoms with Crippen LogP contribution in [0.4, 0.5) is 5.69 Å². The molecule has 3 N–H and O–H groups in total. The highest BCUT2D eigenvalue weighted by atomic mass is 16.6. The molecule has 0 spiro atoms. The fourth-order valence-electron chi connectivity index (χ4n) is 2.52. The van der Waals surface area contributed by atoms with Gasteiger partial charge in [0, 0.05) is 23.4 Å². The Morgan fingerprint density at radius 2 is 2.14 bits per heavy atom. The SMILES string of the molecule is Cc1[nH]nc2c1C(c1ccc([N+](=O)[O-])cc1)C(C#N)=C(N)O2. The summed E-state index contributed by atoms with van der Waals surface area (Å²) in [6.45, 7) is 1.81. The highest BCUT2D eigenvalue weighted by Crippen LogP contribution is 2.42. The monoisotopic (exact) mass is 297 g/mol. The number of aromatic nitrogens is 2. The van der Waals surface area contributed by atoms with Crippen molar-refractivity contribution in [2.24, 2.45) is 5.73 Å². The van der Waals surface area contributed by atoms with Gasteiger partial charge in [0.1, 0.15) is 11.6 Å². The van der Waals surface area contributed by atoms with E-state index in [0.29, 0.717) is 17.0 Å². The molecule has 22 heavy (non-hydrogen) atoms. The normalized spacial score (nSPS) is 16.6. The van der Waals surface area contributed by atoms with E-state index in [0.717, 1.165) is 5.69 Å². The minimum atomic E-state index is -0.475. The molecule has 1 aromatic heterocycles. The fraction of sp³-hybridized carbons (Fsp3) is 0.143. The number of nitro groups is 1. The summed E-state index contributed by atoms with van der Waals surface area (Å²) >= 11 is 0. The van der Waals surface area contributed by atoms with Crippen LogP contribution in [0.15, 0.2) is 35.7 Å². The molecule has 2 heterocycles. The number of aryl methyl sites for hydroxylation is 1. The lowest BCUT2D eigenvalue weighted by molar-refractivity contribution is -0.384. The van der Waals surface area contributed by atoms with Gasteiger partial charge in [-0.3, -0.25) is 15.2 Å². The van der Waals surface area contributed by atoms with E-state index in [2.05, 4.69) is 16.3 Å². The molecule has 1 atom stereocenters. The molecule has 0 saturated carbocycles. The Morgan fingerprint density at radius 3 is 2.73 bits per heavy atom. The minimum absolute atomic E-state index is 0.00940. The van der Waals surface area contributed by atoms with Crippen molar-refractivity contribution in [2.45, 2.75) is 12.8 Å². The third-order valence-electron chi connectivity index (χ3n) is 3.57. The summed E-state index contributed by atoms with van der Waals surface area (Å²) in [5, 5.41) is 27.0. The maximum atomic E-state index is 10.8. The molecule has 3 rings (SSSR count). The Labute approximate surface area is 125 Å². The van der Waals surface area contributed by atoms with Crippen LogP contribution in [0.25, 0.3) is 0 Å². The minimum Gasteiger partial charge on any atom is -0.420 e. The van der Waals surface area contributed by atoms with Crippen molar-refractivity contribution >= 4 is 5.69 Å². The molecular weight excluding hydrogens is 286 g/mol. The lowest BCUT2D eigenvalue weighted by Crippen LogP contribution is -2.21. The van der Waals surface area contributed by atoms with Gasteiger partial charge < -0.3 is 10.5 Å². The number of allylic oxidation sites excluding steroid dienone is 1. The van der Waals surface area contributed by atoms with Crippen LogP contribution >= 0.6 is 0 Å². The van der Waals surface area contributed by atoms with Crippen molar-refractivity contribution in [1.82, 2.24) is 10.2 Å². The molecule has 8 nitrogen and oxygen atoms in total. The number of nitriles is 1. The van der Waals surface area contributed by atoms with Gasteiger partial charge in [0.05, 0.1) is 10.8 Å². The van der Waals surface area contributed by atoms with Crippen molar-refractivity contribution in [1.29, 1.82) is 5.26 Å². The number of nitrogens with zero attached hydrogens (tertiary/aromatic N) is 3. The number of non-ortho nitro benzene ring substituents is 1. The molecule has 0 radical (unpaired) electrons. The average Bonchev–Trinajstić information content (AvgIpc) is 2.87. The van der Waals surface area contributed by atoms with Gasteiger partial charge in [0.15, 0.2) is 0 Å². The van der Waals surface area contributed by atoms with Crippen molar-refractivity contribution in [2.75, 3.05) is 0 Å². The molecule has 0 amide bonds. The summed E-state index contributed by atoms with van der Waals surface area (Å²) in [7, 11) is 0. The third-order valence-corrected chi connectivity index (χ3v) is 3.57. The van der Waals surface area contributed by atoms with Crippen molar-refractivity contribution < 1.29 is 9.66 Å². The van der Waals surface area contributed by atoms with E-state index < -0.39 is 10.8 Å². The van der Waals surface area contributed by atoms with E-state index in [-0.39, 0.29) is 17.1 Å². The highest BCUT2D eigenvalue weighted by Gasteiger charge is 2.34. The van der Waals surface area contributed by atoms with Crippen LogP contribution in [0, 0.1) is 28.4 Å². The molecule has 0 saturated heterocycles. The number of rotatable bonds is 2. The number of ether oxygens (including phenoxy) is 1. The quantitative estimate of drug-likeness (QED) is 0.642. The van der Waals surface area contributed by atoms with Crippen molar-refractivity contribution in [3.63, 3.8) is 0 Å². The molecule has 1 unspecified atom stereocenters. The Bertz CT molecular complexity index is 829. The largest absolute Gasteiger partial charge is 0.420 e. The molecule has 0 bridgehead atoms. The van der Waals surface area contributed by atoms with Gasteiger partial charge in [0.25, 0.3) is 5.69 Å². The predicted octanol–water partition coefficient (Wildman–Crippen LogP) is 1.84. The van der Waals surface area contributed by atoms with Gasteiger partial charge >= 0.3 is 0 Å². The molecule has 1 aliphatic heterocycles. The van der Waals surface area contributed by atoms with Crippen LogP contribution < -0.4 is 10.5 Å². The van der Waals surface area contributed by atoms with E-state index in [1.54, 1.807) is 12.1 Å². The number of nitrogens with one attached hydrogen (secondary N) is 1. The highest BCUT2D eigenvalue weighted by molar-refractivity contribution is 5.55. The number of hydrogen-bond acceptors (Lipinski definition) is 6. The smallest absolute Gasteiger partial charge is 0.269 e. The van der Waals surface area contributed by atoms with Gasteiger partial charge in [-0.05, 0) is 12.5 Å². The molecular formula is C14H11N5O3. The summed E-state index contributed by atoms with van der Waals surface area (Å²) in [6, 6.07) is 8.05. The van der Waals surface area contributed by atoms with Crippen LogP contribution in [0.5, 0.6) is 5.88 Å². The maximum absolute atomic E-state index is 10.8. The average molecular weight is 297 g/mol. The van der Waals surface area contributed by atoms with Gasteiger partial charge in [-0.1, -0.05) is 12.1 Å². The third kappa shape index (κ3) is 1.96. The fourth-order valence-corrected chi connectivity index (χ4v) is 2.52. The number of hydrogen-bond donors (Lipinski definition) is 2. The Kier molecular flexibility index (Phi) is 3.03. The van der Waals surface area contributed by atoms with Crippen molar-refractivity contribution in [3.05, 3.63) is 62.7 Å². The molecule has 1 aliphatic rings. The van der Waals surface area contributed by atoms with Crippen LogP contribution in [0.2, 0.25) is 0 Å². The summed E-state index contributed by atoms with van der Waals surface area (Å²) in [5.74, 6) is -0.157. The molecule has 110 valence electrons. The Morgan fingerprint density at radius 1 is 1.45 bits per heavy atom. The zero-order valence-electron chi connectivity index (χ0n) is 11.5. The van der Waals surface area contributed by atoms with E-state index in [1.807, 2.05) is 6.92 Å². The number of nitro benzene ring substituents is 1. The molecule has 2 aromatic rings. The number of benzene rings is 1. The van der Waals surface area contributed by atoms with Crippen LogP contribution in [0.1, 0.15) is 22.7 Å². The first-order valence-corrected chi connectivity index (χ1v) is 6.39.